The van der Waals surface area contributed by atoms with E-state index in [1.807, 2.05) is 24.3 Å². The van der Waals surface area contributed by atoms with E-state index >= 15 is 0 Å². The molecule has 0 atom stereocenters. The Morgan fingerprint density at radius 3 is 2.92 bits per heavy atom. The van der Waals surface area contributed by atoms with E-state index in [1.54, 1.807) is 12.1 Å². The molecule has 1 aromatic carbocycles. The Bertz CT molecular complexity index is 966. The summed E-state index contributed by atoms with van der Waals surface area (Å²) in [6.45, 7) is 3.97. The van der Waals surface area contributed by atoms with E-state index in [0.717, 1.165) is 34.8 Å². The molecule has 24 heavy (non-hydrogen) atoms. The lowest BCUT2D eigenvalue weighted by molar-refractivity contribution is 0.416. The minimum Gasteiger partial charge on any atom is -0.458 e. The smallest absolute Gasteiger partial charge is 0.458 e. The largest absolute Gasteiger partial charge is 0.492 e. The summed E-state index contributed by atoms with van der Waals surface area (Å²) < 4.78 is 11.9. The molecule has 0 spiro atoms. The first kappa shape index (κ1) is 15.1. The van der Waals surface area contributed by atoms with Gasteiger partial charge in [0, 0.05) is 16.2 Å². The minimum atomic E-state index is -1.60. The Hall–Kier alpha value is -2.50. The van der Waals surface area contributed by atoms with Crippen molar-refractivity contribution in [2.75, 3.05) is 0 Å². The van der Waals surface area contributed by atoms with Crippen molar-refractivity contribution in [1.29, 1.82) is 0 Å². The summed E-state index contributed by atoms with van der Waals surface area (Å²) in [5, 5.41) is 20.2. The van der Waals surface area contributed by atoms with Crippen LogP contribution in [0.15, 0.2) is 41.0 Å². The van der Waals surface area contributed by atoms with Gasteiger partial charge >= 0.3 is 7.12 Å². The molecule has 2 N–H and O–H groups in total. The summed E-state index contributed by atoms with van der Waals surface area (Å²) in [5.74, 6) is 1.79. The van der Waals surface area contributed by atoms with Gasteiger partial charge < -0.3 is 19.2 Å². The van der Waals surface area contributed by atoms with Crippen molar-refractivity contribution in [3.8, 4) is 5.75 Å². The fourth-order valence-electron chi connectivity index (χ4n) is 3.25. The standard InChI is InChI=1S/C19H17BO4/c1-12-11-15-14-6-2-3-8-17(14)24-18(15)10-9-13-5-4-7-16(20(21)22)19(13)23-12/h3-5,7-8,10-11,21-22H,1-2,6,9H2/b15-11-,18-10+. The highest BCUT2D eigenvalue weighted by atomic mass is 16.5. The lowest BCUT2D eigenvalue weighted by atomic mass is 9.78. The van der Waals surface area contributed by atoms with Crippen LogP contribution in [0.3, 0.4) is 0 Å². The summed E-state index contributed by atoms with van der Waals surface area (Å²) in [7, 11) is -1.60. The van der Waals surface area contributed by atoms with Crippen LogP contribution in [-0.2, 0) is 12.8 Å². The molecule has 0 unspecified atom stereocenters. The number of rotatable bonds is 1. The van der Waals surface area contributed by atoms with Gasteiger partial charge in [0.25, 0.3) is 0 Å². The van der Waals surface area contributed by atoms with Gasteiger partial charge in [0.2, 0.25) is 0 Å². The maximum atomic E-state index is 9.59. The molecule has 0 amide bonds. The Balaban J connectivity index is 1.91. The van der Waals surface area contributed by atoms with E-state index in [2.05, 4.69) is 12.7 Å². The van der Waals surface area contributed by atoms with Crippen molar-refractivity contribution in [3.63, 3.8) is 0 Å². The zero-order chi connectivity index (χ0) is 16.7. The monoisotopic (exact) mass is 320 g/mol. The van der Waals surface area contributed by atoms with Crippen LogP contribution in [-0.4, -0.2) is 17.2 Å². The van der Waals surface area contributed by atoms with E-state index in [4.69, 9.17) is 9.15 Å². The van der Waals surface area contributed by atoms with Gasteiger partial charge in [0.15, 0.2) is 0 Å². The average Bonchev–Trinajstić information content (AvgIpc) is 2.93. The van der Waals surface area contributed by atoms with E-state index in [1.165, 1.54) is 5.56 Å². The average molecular weight is 320 g/mol. The molecule has 1 aromatic heterocycles. The van der Waals surface area contributed by atoms with Crippen LogP contribution in [0.5, 0.6) is 5.75 Å². The third kappa shape index (κ3) is 2.52. The maximum Gasteiger partial charge on any atom is 0.492 e. The molecular weight excluding hydrogens is 303 g/mol. The fraction of sp³-hybridized carbons (Fsp3) is 0.158. The highest BCUT2D eigenvalue weighted by Gasteiger charge is 2.21. The van der Waals surface area contributed by atoms with E-state index in [0.29, 0.717) is 23.4 Å². The van der Waals surface area contributed by atoms with Crippen LogP contribution >= 0.6 is 0 Å². The van der Waals surface area contributed by atoms with Crippen molar-refractivity contribution >= 4 is 30.8 Å². The van der Waals surface area contributed by atoms with Gasteiger partial charge in [0.1, 0.15) is 22.7 Å². The molecule has 5 heteroatoms. The molecule has 0 saturated heterocycles. The summed E-state index contributed by atoms with van der Waals surface area (Å²) in [6.07, 6.45) is 10.5. The fourth-order valence-corrected chi connectivity index (χ4v) is 3.25. The minimum absolute atomic E-state index is 0.332. The van der Waals surface area contributed by atoms with Crippen molar-refractivity contribution in [2.24, 2.45) is 0 Å². The maximum absolute atomic E-state index is 9.59. The van der Waals surface area contributed by atoms with Gasteiger partial charge in [-0.1, -0.05) is 30.9 Å². The number of para-hydroxylation sites is 1. The van der Waals surface area contributed by atoms with Crippen LogP contribution in [0.25, 0.3) is 18.2 Å². The SMILES string of the molecule is C=C1/C=c2/c3c(o/c2=C/Cc2cccc(B(O)O)c2O1)C=CCC3. The number of fused-ring (bicyclic) bond motifs is 4. The highest BCUT2D eigenvalue weighted by Crippen LogP contribution is 2.22. The predicted octanol–water partition coefficient (Wildman–Crippen LogP) is 0.629. The summed E-state index contributed by atoms with van der Waals surface area (Å²) in [5.41, 5.74) is 3.16. The summed E-state index contributed by atoms with van der Waals surface area (Å²) in [6, 6.07) is 5.32. The number of furan rings is 1. The van der Waals surface area contributed by atoms with Crippen molar-refractivity contribution < 1.29 is 19.2 Å². The van der Waals surface area contributed by atoms with Gasteiger partial charge in [-0.3, -0.25) is 0 Å². The molecule has 2 heterocycles. The molecule has 0 fully saturated rings. The second kappa shape index (κ2) is 5.85. The van der Waals surface area contributed by atoms with Crippen LogP contribution in [0.4, 0.5) is 0 Å². The molecular formula is C19H17BO4. The first-order valence-corrected chi connectivity index (χ1v) is 7.98. The molecule has 0 radical (unpaired) electrons. The summed E-state index contributed by atoms with van der Waals surface area (Å²) in [4.78, 5) is 0. The Morgan fingerprint density at radius 1 is 1.21 bits per heavy atom. The van der Waals surface area contributed by atoms with Crippen LogP contribution in [0.1, 0.15) is 23.3 Å². The molecule has 0 bridgehead atoms. The van der Waals surface area contributed by atoms with Crippen molar-refractivity contribution in [3.05, 3.63) is 64.1 Å². The lowest BCUT2D eigenvalue weighted by Crippen LogP contribution is -2.32. The second-order valence-corrected chi connectivity index (χ2v) is 5.99. The van der Waals surface area contributed by atoms with Crippen molar-refractivity contribution in [2.45, 2.75) is 19.3 Å². The van der Waals surface area contributed by atoms with Crippen LogP contribution in [0, 0.1) is 0 Å². The van der Waals surface area contributed by atoms with Gasteiger partial charge in [-0.25, -0.2) is 0 Å². The van der Waals surface area contributed by atoms with Gasteiger partial charge in [-0.05, 0) is 43.1 Å². The Kier molecular flexibility index (Phi) is 3.67. The quantitative estimate of drug-likeness (QED) is 0.757. The van der Waals surface area contributed by atoms with Crippen molar-refractivity contribution in [1.82, 2.24) is 0 Å². The molecule has 1 aliphatic heterocycles. The van der Waals surface area contributed by atoms with Crippen LogP contribution in [0.2, 0.25) is 0 Å². The van der Waals surface area contributed by atoms with Gasteiger partial charge in [-0.2, -0.15) is 0 Å². The zero-order valence-corrected chi connectivity index (χ0v) is 13.2. The first-order valence-electron chi connectivity index (χ1n) is 7.98. The topological polar surface area (TPSA) is 62.8 Å². The number of allylic oxidation sites excluding steroid dienone is 2. The van der Waals surface area contributed by atoms with Gasteiger partial charge in [-0.15, -0.1) is 0 Å². The Labute approximate surface area is 139 Å². The molecule has 4 rings (SSSR count). The van der Waals surface area contributed by atoms with Gasteiger partial charge in [0.05, 0.1) is 0 Å². The molecule has 2 aromatic rings. The van der Waals surface area contributed by atoms with E-state index in [9.17, 15) is 10.0 Å². The number of hydrogen-bond acceptors (Lipinski definition) is 4. The normalized spacial score (nSPS) is 18.3. The lowest BCUT2D eigenvalue weighted by Gasteiger charge is -2.14. The number of hydrogen-bond donors (Lipinski definition) is 2. The van der Waals surface area contributed by atoms with E-state index in [-0.39, 0.29) is 0 Å². The number of ether oxygens (including phenoxy) is 1. The summed E-state index contributed by atoms with van der Waals surface area (Å²) >= 11 is 0. The van der Waals surface area contributed by atoms with E-state index < -0.39 is 7.12 Å². The molecule has 120 valence electrons. The molecule has 0 saturated carbocycles. The third-order valence-electron chi connectivity index (χ3n) is 4.39. The zero-order valence-electron chi connectivity index (χ0n) is 13.2. The molecule has 1 aliphatic carbocycles. The van der Waals surface area contributed by atoms with Crippen LogP contribution < -0.4 is 20.8 Å². The second-order valence-electron chi connectivity index (χ2n) is 5.99. The highest BCUT2D eigenvalue weighted by molar-refractivity contribution is 6.59. The number of benzene rings is 1. The third-order valence-corrected chi connectivity index (χ3v) is 4.39. The Morgan fingerprint density at radius 2 is 2.08 bits per heavy atom. The predicted molar refractivity (Wildman–Crippen MR) is 94.0 cm³/mol. The molecule has 2 aliphatic rings. The first-order chi connectivity index (χ1) is 11.6. The molecule has 4 nitrogen and oxygen atoms in total.